The zero-order valence-electron chi connectivity index (χ0n) is 17.6. The topological polar surface area (TPSA) is 84.9 Å². The number of nitrogens with zero attached hydrogens (tertiary/aromatic N) is 1. The van der Waals surface area contributed by atoms with E-state index >= 15 is 0 Å². The number of anilines is 1. The Morgan fingerprint density at radius 1 is 1.10 bits per heavy atom. The van der Waals surface area contributed by atoms with E-state index < -0.39 is 15.7 Å². The van der Waals surface area contributed by atoms with Crippen molar-refractivity contribution in [1.29, 1.82) is 0 Å². The lowest BCUT2D eigenvalue weighted by molar-refractivity contribution is 0.102. The van der Waals surface area contributed by atoms with Gasteiger partial charge in [-0.15, -0.1) is 0 Å². The van der Waals surface area contributed by atoms with Gasteiger partial charge in [0.25, 0.3) is 5.91 Å². The maximum atomic E-state index is 12.6. The SMILES string of the molecule is CCN(CC)CCOc1cc(NC(=O)c2ccc(Cl)c(S(C)(=O)=O)c2)ccc1OC. The van der Waals surface area contributed by atoms with E-state index in [1.165, 1.54) is 18.2 Å². The Balaban J connectivity index is 2.17. The van der Waals surface area contributed by atoms with Crippen molar-refractivity contribution in [3.63, 3.8) is 0 Å². The zero-order chi connectivity index (χ0) is 22.3. The molecule has 0 radical (unpaired) electrons. The molecule has 0 bridgehead atoms. The molecule has 0 unspecified atom stereocenters. The summed E-state index contributed by atoms with van der Waals surface area (Å²) in [5, 5.41) is 2.82. The maximum Gasteiger partial charge on any atom is 0.255 e. The standard InChI is InChI=1S/C21H27ClN2O5S/c1-5-24(6-2)11-12-29-19-14-16(8-10-18(19)28-3)23-21(25)15-7-9-17(22)20(13-15)30(4,26)27/h7-10,13-14H,5-6,11-12H2,1-4H3,(H,23,25). The molecule has 1 N–H and O–H groups in total. The number of sulfone groups is 1. The highest BCUT2D eigenvalue weighted by atomic mass is 35.5. The summed E-state index contributed by atoms with van der Waals surface area (Å²) in [5.74, 6) is 0.601. The molecule has 0 aliphatic carbocycles. The molecule has 164 valence electrons. The lowest BCUT2D eigenvalue weighted by Crippen LogP contribution is -2.28. The average Bonchev–Trinajstić information content (AvgIpc) is 2.71. The van der Waals surface area contributed by atoms with Crippen molar-refractivity contribution in [1.82, 2.24) is 4.90 Å². The van der Waals surface area contributed by atoms with Gasteiger partial charge in [0, 0.05) is 30.1 Å². The van der Waals surface area contributed by atoms with Crippen LogP contribution in [-0.2, 0) is 9.84 Å². The fourth-order valence-electron chi connectivity index (χ4n) is 2.82. The molecule has 9 heteroatoms. The van der Waals surface area contributed by atoms with Crippen molar-refractivity contribution in [2.45, 2.75) is 18.7 Å². The van der Waals surface area contributed by atoms with Gasteiger partial charge >= 0.3 is 0 Å². The zero-order valence-corrected chi connectivity index (χ0v) is 19.1. The predicted molar refractivity (Wildman–Crippen MR) is 119 cm³/mol. The second-order valence-corrected chi connectivity index (χ2v) is 9.00. The summed E-state index contributed by atoms with van der Waals surface area (Å²) < 4.78 is 34.9. The van der Waals surface area contributed by atoms with Crippen molar-refractivity contribution in [2.24, 2.45) is 0 Å². The minimum absolute atomic E-state index is 0.0717. The first kappa shape index (κ1) is 24.0. The smallest absolute Gasteiger partial charge is 0.255 e. The van der Waals surface area contributed by atoms with Gasteiger partial charge in [0.15, 0.2) is 21.3 Å². The first-order valence-corrected chi connectivity index (χ1v) is 11.8. The molecule has 2 rings (SSSR count). The number of hydrogen-bond donors (Lipinski definition) is 1. The van der Waals surface area contributed by atoms with Gasteiger partial charge in [-0.3, -0.25) is 4.79 Å². The number of ether oxygens (including phenoxy) is 2. The number of amides is 1. The molecular weight excluding hydrogens is 428 g/mol. The number of likely N-dealkylation sites (N-methyl/N-ethyl adjacent to an activating group) is 1. The number of methoxy groups -OCH3 is 1. The van der Waals surface area contributed by atoms with Gasteiger partial charge in [-0.1, -0.05) is 25.4 Å². The predicted octanol–water partition coefficient (Wildman–Crippen LogP) is 3.73. The highest BCUT2D eigenvalue weighted by Gasteiger charge is 2.16. The number of rotatable bonds is 10. The number of carbonyl (C=O) groups excluding carboxylic acids is 1. The quantitative estimate of drug-likeness (QED) is 0.588. The molecule has 0 heterocycles. The number of halogens is 1. The van der Waals surface area contributed by atoms with Gasteiger partial charge in [-0.2, -0.15) is 0 Å². The van der Waals surface area contributed by atoms with Crippen molar-refractivity contribution >= 4 is 33.0 Å². The fraction of sp³-hybridized carbons (Fsp3) is 0.381. The second kappa shape index (κ2) is 10.7. The van der Waals surface area contributed by atoms with E-state index in [9.17, 15) is 13.2 Å². The Kier molecular flexibility index (Phi) is 8.52. The third-order valence-electron chi connectivity index (χ3n) is 4.57. The molecule has 0 aliphatic rings. The number of carbonyl (C=O) groups is 1. The van der Waals surface area contributed by atoms with Crippen LogP contribution in [0.25, 0.3) is 0 Å². The van der Waals surface area contributed by atoms with E-state index in [0.717, 1.165) is 25.9 Å². The van der Waals surface area contributed by atoms with Crippen LogP contribution in [0.4, 0.5) is 5.69 Å². The molecule has 0 spiro atoms. The Hall–Kier alpha value is -2.29. The molecule has 0 aliphatic heterocycles. The molecule has 0 aromatic heterocycles. The largest absolute Gasteiger partial charge is 0.493 e. The molecule has 0 fully saturated rings. The van der Waals surface area contributed by atoms with Gasteiger partial charge in [-0.25, -0.2) is 8.42 Å². The normalized spacial score (nSPS) is 11.4. The lowest BCUT2D eigenvalue weighted by atomic mass is 10.2. The van der Waals surface area contributed by atoms with Crippen LogP contribution in [-0.4, -0.2) is 58.8 Å². The number of hydrogen-bond acceptors (Lipinski definition) is 6. The summed E-state index contributed by atoms with van der Waals surface area (Å²) in [6.07, 6.45) is 1.04. The maximum absolute atomic E-state index is 12.6. The lowest BCUT2D eigenvalue weighted by Gasteiger charge is -2.19. The average molecular weight is 455 g/mol. The number of nitrogens with one attached hydrogen (secondary N) is 1. The van der Waals surface area contributed by atoms with E-state index in [2.05, 4.69) is 24.1 Å². The van der Waals surface area contributed by atoms with Crippen molar-refractivity contribution < 1.29 is 22.7 Å². The minimum atomic E-state index is -3.55. The molecule has 30 heavy (non-hydrogen) atoms. The Bertz CT molecular complexity index is 991. The van der Waals surface area contributed by atoms with E-state index in [1.807, 2.05) is 0 Å². The number of benzene rings is 2. The fourth-order valence-corrected chi connectivity index (χ4v) is 4.13. The molecule has 0 saturated carbocycles. The van der Waals surface area contributed by atoms with E-state index in [4.69, 9.17) is 21.1 Å². The highest BCUT2D eigenvalue weighted by Crippen LogP contribution is 2.31. The summed E-state index contributed by atoms with van der Waals surface area (Å²) >= 11 is 5.95. The third kappa shape index (κ3) is 6.35. The van der Waals surface area contributed by atoms with Gasteiger partial charge in [0.2, 0.25) is 0 Å². The van der Waals surface area contributed by atoms with Gasteiger partial charge in [0.05, 0.1) is 17.0 Å². The molecule has 0 saturated heterocycles. The van der Waals surface area contributed by atoms with E-state index in [1.54, 1.807) is 25.3 Å². The monoisotopic (exact) mass is 454 g/mol. The third-order valence-corrected chi connectivity index (χ3v) is 6.15. The van der Waals surface area contributed by atoms with Crippen molar-refractivity contribution in [3.8, 4) is 11.5 Å². The Morgan fingerprint density at radius 3 is 2.40 bits per heavy atom. The molecule has 1 amide bonds. The van der Waals surface area contributed by atoms with E-state index in [-0.39, 0.29) is 15.5 Å². The highest BCUT2D eigenvalue weighted by molar-refractivity contribution is 7.90. The minimum Gasteiger partial charge on any atom is -0.493 e. The summed E-state index contributed by atoms with van der Waals surface area (Å²) in [6, 6.07) is 9.18. The van der Waals surface area contributed by atoms with Gasteiger partial charge in [-0.05, 0) is 43.4 Å². The molecule has 2 aromatic carbocycles. The van der Waals surface area contributed by atoms with Crippen LogP contribution in [0.3, 0.4) is 0 Å². The molecular formula is C21H27ClN2O5S. The van der Waals surface area contributed by atoms with Gasteiger partial charge in [0.1, 0.15) is 6.61 Å². The van der Waals surface area contributed by atoms with Crippen molar-refractivity contribution in [3.05, 3.63) is 47.0 Å². The first-order valence-electron chi connectivity index (χ1n) is 9.53. The van der Waals surface area contributed by atoms with Crippen LogP contribution in [0.15, 0.2) is 41.3 Å². The summed E-state index contributed by atoms with van der Waals surface area (Å²) in [7, 11) is -2.01. The Morgan fingerprint density at radius 2 is 1.80 bits per heavy atom. The summed E-state index contributed by atoms with van der Waals surface area (Å²) in [5.41, 5.74) is 0.675. The van der Waals surface area contributed by atoms with Crippen LogP contribution in [0.5, 0.6) is 11.5 Å². The van der Waals surface area contributed by atoms with Crippen LogP contribution < -0.4 is 14.8 Å². The molecule has 0 atom stereocenters. The van der Waals surface area contributed by atoms with Crippen LogP contribution in [0, 0.1) is 0 Å². The summed E-state index contributed by atoms with van der Waals surface area (Å²) in [6.45, 7) is 7.29. The molecule has 7 nitrogen and oxygen atoms in total. The summed E-state index contributed by atoms with van der Waals surface area (Å²) in [4.78, 5) is 14.8. The van der Waals surface area contributed by atoms with Crippen molar-refractivity contribution in [2.75, 3.05) is 44.9 Å². The van der Waals surface area contributed by atoms with Crippen LogP contribution in [0.2, 0.25) is 5.02 Å². The van der Waals surface area contributed by atoms with Crippen LogP contribution in [0.1, 0.15) is 24.2 Å². The van der Waals surface area contributed by atoms with E-state index in [0.29, 0.717) is 23.8 Å². The molecule has 2 aromatic rings. The van der Waals surface area contributed by atoms with Gasteiger partial charge < -0.3 is 19.7 Å². The second-order valence-electron chi connectivity index (χ2n) is 6.61. The Labute approximate surface area is 182 Å². The van der Waals surface area contributed by atoms with Crippen LogP contribution >= 0.6 is 11.6 Å². The first-order chi connectivity index (χ1) is 14.2.